The van der Waals surface area contributed by atoms with E-state index < -0.39 is 11.4 Å². The molecule has 0 saturated heterocycles. The van der Waals surface area contributed by atoms with Gasteiger partial charge in [0, 0.05) is 11.1 Å². The highest BCUT2D eigenvalue weighted by Gasteiger charge is 2.42. The van der Waals surface area contributed by atoms with Crippen molar-refractivity contribution in [3.63, 3.8) is 0 Å². The van der Waals surface area contributed by atoms with E-state index in [9.17, 15) is 9.59 Å². The minimum atomic E-state index is -0.715. The van der Waals surface area contributed by atoms with Crippen LogP contribution in [0.2, 0.25) is 5.02 Å². The standard InChI is InChI=1S/C20H26ClNO3/c21-16-6-4-5-15(13-16)20(11-2-1-3-12-20)19(25)22-17-9-7-14(8-10-17)18(23)24/h4-6,13-14,17H,1-3,7-12H2,(H,22,25)(H,23,24). The maximum Gasteiger partial charge on any atom is 0.306 e. The molecule has 2 aliphatic rings. The number of hydrogen-bond donors (Lipinski definition) is 2. The number of benzene rings is 1. The molecule has 5 heteroatoms. The average molecular weight is 364 g/mol. The van der Waals surface area contributed by atoms with E-state index in [2.05, 4.69) is 5.32 Å². The number of carbonyl (C=O) groups excluding carboxylic acids is 1. The van der Waals surface area contributed by atoms with E-state index in [1.807, 2.05) is 24.3 Å². The molecule has 2 N–H and O–H groups in total. The van der Waals surface area contributed by atoms with Crippen LogP contribution in [0.4, 0.5) is 0 Å². The summed E-state index contributed by atoms with van der Waals surface area (Å²) in [5.74, 6) is -0.884. The van der Waals surface area contributed by atoms with E-state index in [1.165, 1.54) is 6.42 Å². The first-order valence-corrected chi connectivity index (χ1v) is 9.69. The van der Waals surface area contributed by atoms with Crippen LogP contribution in [-0.2, 0) is 15.0 Å². The first-order chi connectivity index (χ1) is 12.0. The number of amides is 1. The third-order valence-electron chi connectivity index (χ3n) is 5.93. The van der Waals surface area contributed by atoms with Gasteiger partial charge in [0.15, 0.2) is 0 Å². The molecule has 0 radical (unpaired) electrons. The molecule has 136 valence electrons. The van der Waals surface area contributed by atoms with Crippen molar-refractivity contribution in [1.82, 2.24) is 5.32 Å². The summed E-state index contributed by atoms with van der Waals surface area (Å²) in [5, 5.41) is 13.0. The molecular formula is C20H26ClNO3. The lowest BCUT2D eigenvalue weighted by atomic mass is 9.68. The predicted molar refractivity (Wildman–Crippen MR) is 97.7 cm³/mol. The number of hydrogen-bond acceptors (Lipinski definition) is 2. The molecule has 1 amide bonds. The third kappa shape index (κ3) is 4.00. The Hall–Kier alpha value is -1.55. The maximum absolute atomic E-state index is 13.2. The van der Waals surface area contributed by atoms with Crippen molar-refractivity contribution in [2.24, 2.45) is 5.92 Å². The lowest BCUT2D eigenvalue weighted by molar-refractivity contribution is -0.142. The fraction of sp³-hybridized carbons (Fsp3) is 0.600. The number of aliphatic carboxylic acids is 1. The smallest absolute Gasteiger partial charge is 0.306 e. The zero-order chi connectivity index (χ0) is 17.9. The van der Waals surface area contributed by atoms with Crippen LogP contribution in [-0.4, -0.2) is 23.0 Å². The number of rotatable bonds is 4. The Balaban J connectivity index is 1.73. The Kier molecular flexibility index (Phi) is 5.67. The van der Waals surface area contributed by atoms with Crippen LogP contribution >= 0.6 is 11.6 Å². The zero-order valence-electron chi connectivity index (χ0n) is 14.5. The normalized spacial score (nSPS) is 26.0. The molecule has 0 heterocycles. The quantitative estimate of drug-likeness (QED) is 0.838. The molecule has 2 saturated carbocycles. The second-order valence-electron chi connectivity index (χ2n) is 7.51. The summed E-state index contributed by atoms with van der Waals surface area (Å²) in [6.07, 6.45) is 7.74. The van der Waals surface area contributed by atoms with Gasteiger partial charge in [0.2, 0.25) is 5.91 Å². The fourth-order valence-corrected chi connectivity index (χ4v) is 4.59. The van der Waals surface area contributed by atoms with Crippen LogP contribution in [0.3, 0.4) is 0 Å². The predicted octanol–water partition coefficient (Wildman–Crippen LogP) is 4.30. The Morgan fingerprint density at radius 2 is 1.76 bits per heavy atom. The Morgan fingerprint density at radius 1 is 1.08 bits per heavy atom. The van der Waals surface area contributed by atoms with Crippen molar-refractivity contribution >= 4 is 23.5 Å². The van der Waals surface area contributed by atoms with Crippen LogP contribution in [0.1, 0.15) is 63.4 Å². The second-order valence-corrected chi connectivity index (χ2v) is 7.95. The van der Waals surface area contributed by atoms with Gasteiger partial charge in [0.05, 0.1) is 11.3 Å². The number of nitrogens with one attached hydrogen (secondary N) is 1. The minimum absolute atomic E-state index is 0.0843. The monoisotopic (exact) mass is 363 g/mol. The summed E-state index contributed by atoms with van der Waals surface area (Å²) >= 11 is 6.18. The van der Waals surface area contributed by atoms with E-state index in [-0.39, 0.29) is 17.9 Å². The summed E-state index contributed by atoms with van der Waals surface area (Å²) in [4.78, 5) is 24.3. The van der Waals surface area contributed by atoms with Crippen LogP contribution in [0.25, 0.3) is 0 Å². The second kappa shape index (κ2) is 7.77. The summed E-state index contributed by atoms with van der Waals surface area (Å²) in [6, 6.07) is 7.78. The highest BCUT2D eigenvalue weighted by atomic mass is 35.5. The first kappa shape index (κ1) is 18.2. The summed E-state index contributed by atoms with van der Waals surface area (Å²) in [6.45, 7) is 0. The van der Waals surface area contributed by atoms with Gasteiger partial charge in [0.1, 0.15) is 0 Å². The lowest BCUT2D eigenvalue weighted by Crippen LogP contribution is -2.50. The van der Waals surface area contributed by atoms with E-state index in [0.717, 1.165) is 44.1 Å². The molecule has 1 aromatic carbocycles. The summed E-state index contributed by atoms with van der Waals surface area (Å²) in [5.41, 5.74) is 0.517. The molecule has 0 atom stereocenters. The lowest BCUT2D eigenvalue weighted by Gasteiger charge is -2.38. The number of halogens is 1. The van der Waals surface area contributed by atoms with E-state index in [1.54, 1.807) is 0 Å². The fourth-order valence-electron chi connectivity index (χ4n) is 4.40. The van der Waals surface area contributed by atoms with Crippen LogP contribution in [0.15, 0.2) is 24.3 Å². The molecule has 0 aromatic heterocycles. The third-order valence-corrected chi connectivity index (χ3v) is 6.17. The van der Waals surface area contributed by atoms with Gasteiger partial charge < -0.3 is 10.4 Å². The van der Waals surface area contributed by atoms with Gasteiger partial charge in [-0.05, 0) is 56.2 Å². The minimum Gasteiger partial charge on any atom is -0.481 e. The topological polar surface area (TPSA) is 66.4 Å². The zero-order valence-corrected chi connectivity index (χ0v) is 15.2. The molecular weight excluding hydrogens is 338 g/mol. The van der Waals surface area contributed by atoms with Crippen LogP contribution < -0.4 is 5.32 Å². The van der Waals surface area contributed by atoms with Gasteiger partial charge in [-0.15, -0.1) is 0 Å². The number of carboxylic acid groups (broad SMARTS) is 1. The van der Waals surface area contributed by atoms with Crippen LogP contribution in [0, 0.1) is 5.92 Å². The van der Waals surface area contributed by atoms with E-state index >= 15 is 0 Å². The van der Waals surface area contributed by atoms with Gasteiger partial charge in [-0.2, -0.15) is 0 Å². The molecule has 3 rings (SSSR count). The number of carboxylic acids is 1. The highest BCUT2D eigenvalue weighted by molar-refractivity contribution is 6.30. The molecule has 0 bridgehead atoms. The van der Waals surface area contributed by atoms with Crippen molar-refractivity contribution in [1.29, 1.82) is 0 Å². The average Bonchev–Trinajstić information content (AvgIpc) is 2.62. The maximum atomic E-state index is 13.2. The molecule has 0 unspecified atom stereocenters. The van der Waals surface area contributed by atoms with Gasteiger partial charge in [-0.3, -0.25) is 9.59 Å². The Labute approximate surface area is 153 Å². The van der Waals surface area contributed by atoms with Crippen molar-refractivity contribution in [2.45, 2.75) is 69.2 Å². The molecule has 2 fully saturated rings. The SMILES string of the molecule is O=C(O)C1CCC(NC(=O)C2(c3cccc(Cl)c3)CCCCC2)CC1. The summed E-state index contributed by atoms with van der Waals surface area (Å²) < 4.78 is 0. The van der Waals surface area contributed by atoms with Crippen LogP contribution in [0.5, 0.6) is 0 Å². The first-order valence-electron chi connectivity index (χ1n) is 9.31. The molecule has 0 spiro atoms. The molecule has 25 heavy (non-hydrogen) atoms. The van der Waals surface area contributed by atoms with Crippen molar-refractivity contribution in [3.05, 3.63) is 34.9 Å². The Bertz CT molecular complexity index is 632. The highest BCUT2D eigenvalue weighted by Crippen LogP contribution is 2.41. The molecule has 4 nitrogen and oxygen atoms in total. The van der Waals surface area contributed by atoms with Gasteiger partial charge >= 0.3 is 5.97 Å². The molecule has 1 aromatic rings. The van der Waals surface area contributed by atoms with E-state index in [0.29, 0.717) is 17.9 Å². The molecule has 2 aliphatic carbocycles. The largest absolute Gasteiger partial charge is 0.481 e. The van der Waals surface area contributed by atoms with Crippen molar-refractivity contribution < 1.29 is 14.7 Å². The molecule has 0 aliphatic heterocycles. The van der Waals surface area contributed by atoms with Crippen molar-refractivity contribution in [3.8, 4) is 0 Å². The summed E-state index contributed by atoms with van der Waals surface area (Å²) in [7, 11) is 0. The number of carbonyl (C=O) groups is 2. The van der Waals surface area contributed by atoms with E-state index in [4.69, 9.17) is 16.7 Å². The van der Waals surface area contributed by atoms with Gasteiger partial charge in [-0.1, -0.05) is 43.0 Å². The Morgan fingerprint density at radius 3 is 2.36 bits per heavy atom. The van der Waals surface area contributed by atoms with Gasteiger partial charge in [0.25, 0.3) is 0 Å². The van der Waals surface area contributed by atoms with Crippen molar-refractivity contribution in [2.75, 3.05) is 0 Å². The van der Waals surface area contributed by atoms with Gasteiger partial charge in [-0.25, -0.2) is 0 Å².